The maximum Gasteiger partial charge on any atom is 0.144 e. The molecule has 0 heterocycles. The molecule has 1 aromatic carbocycles. The molecule has 1 aliphatic carbocycles. The molecule has 0 aromatic heterocycles. The molecule has 1 aliphatic rings. The SMILES string of the molecule is CC(C)(C)[S@@](=O)/N=C1\CCCCC1Cc1ccccc1. The summed E-state index contributed by atoms with van der Waals surface area (Å²) >= 11 is 0. The molecule has 20 heavy (non-hydrogen) atoms. The smallest absolute Gasteiger partial charge is 0.144 e. The van der Waals surface area contributed by atoms with Crippen LogP contribution in [0.25, 0.3) is 0 Å². The molecule has 2 atom stereocenters. The Labute approximate surface area is 125 Å². The Kier molecular flexibility index (Phi) is 5.14. The zero-order chi connectivity index (χ0) is 14.6. The summed E-state index contributed by atoms with van der Waals surface area (Å²) in [7, 11) is -1.13. The molecule has 0 amide bonds. The zero-order valence-electron chi connectivity index (χ0n) is 12.8. The van der Waals surface area contributed by atoms with Crippen LogP contribution in [-0.4, -0.2) is 14.7 Å². The number of hydrogen-bond acceptors (Lipinski definition) is 1. The zero-order valence-corrected chi connectivity index (χ0v) is 13.6. The maximum atomic E-state index is 12.3. The van der Waals surface area contributed by atoms with Gasteiger partial charge in [-0.05, 0) is 52.0 Å². The molecule has 2 rings (SSSR count). The lowest BCUT2D eigenvalue weighted by atomic mass is 9.83. The van der Waals surface area contributed by atoms with Crippen molar-refractivity contribution in [2.45, 2.75) is 57.6 Å². The fraction of sp³-hybridized carbons (Fsp3) is 0.588. The first kappa shape index (κ1) is 15.4. The van der Waals surface area contributed by atoms with Gasteiger partial charge in [-0.25, -0.2) is 4.21 Å². The predicted molar refractivity (Wildman–Crippen MR) is 87.4 cm³/mol. The standard InChI is InChI=1S/C17H25NOS/c1-17(2,3)20(19)18-16-12-8-7-11-15(16)13-14-9-5-4-6-10-14/h4-6,9-10,15H,7-8,11-13H2,1-3H3/b18-16+/t15?,20-/m1/s1. The van der Waals surface area contributed by atoms with Gasteiger partial charge in [0, 0.05) is 11.6 Å². The van der Waals surface area contributed by atoms with E-state index in [1.165, 1.54) is 30.5 Å². The molecule has 110 valence electrons. The van der Waals surface area contributed by atoms with Gasteiger partial charge >= 0.3 is 0 Å². The molecule has 0 bridgehead atoms. The Balaban J connectivity index is 2.13. The van der Waals surface area contributed by atoms with Gasteiger partial charge in [0.15, 0.2) is 0 Å². The van der Waals surface area contributed by atoms with Gasteiger partial charge in [-0.15, -0.1) is 0 Å². The van der Waals surface area contributed by atoms with Crippen LogP contribution in [0.3, 0.4) is 0 Å². The Morgan fingerprint density at radius 2 is 1.90 bits per heavy atom. The Hall–Kier alpha value is -0.960. The van der Waals surface area contributed by atoms with Gasteiger partial charge in [0.25, 0.3) is 0 Å². The third-order valence-corrected chi connectivity index (χ3v) is 5.20. The largest absolute Gasteiger partial charge is 0.234 e. The summed E-state index contributed by atoms with van der Waals surface area (Å²) in [4.78, 5) is 0. The molecule has 0 saturated heterocycles. The van der Waals surface area contributed by atoms with Gasteiger partial charge in [0.2, 0.25) is 0 Å². The quantitative estimate of drug-likeness (QED) is 0.815. The summed E-state index contributed by atoms with van der Waals surface area (Å²) in [5, 5.41) is 0. The first-order chi connectivity index (χ1) is 9.47. The van der Waals surface area contributed by atoms with E-state index in [1.54, 1.807) is 0 Å². The number of benzene rings is 1. The molecule has 1 unspecified atom stereocenters. The van der Waals surface area contributed by atoms with Crippen LogP contribution < -0.4 is 0 Å². The van der Waals surface area contributed by atoms with E-state index in [4.69, 9.17) is 0 Å². The topological polar surface area (TPSA) is 29.4 Å². The first-order valence-corrected chi connectivity index (χ1v) is 8.61. The van der Waals surface area contributed by atoms with E-state index in [1.807, 2.05) is 26.8 Å². The van der Waals surface area contributed by atoms with Crippen molar-refractivity contribution in [2.24, 2.45) is 10.3 Å². The second-order valence-electron chi connectivity index (χ2n) is 6.58. The highest BCUT2D eigenvalue weighted by molar-refractivity contribution is 7.85. The molecule has 0 N–H and O–H groups in total. The van der Waals surface area contributed by atoms with Crippen LogP contribution in [0.5, 0.6) is 0 Å². The van der Waals surface area contributed by atoms with Crippen molar-refractivity contribution in [2.75, 3.05) is 0 Å². The minimum Gasteiger partial charge on any atom is -0.234 e. The van der Waals surface area contributed by atoms with E-state index in [0.717, 1.165) is 12.8 Å². The second-order valence-corrected chi connectivity index (χ2v) is 8.48. The van der Waals surface area contributed by atoms with Crippen LogP contribution >= 0.6 is 0 Å². The van der Waals surface area contributed by atoms with Crippen molar-refractivity contribution in [1.82, 2.24) is 0 Å². The third kappa shape index (κ3) is 4.27. The van der Waals surface area contributed by atoms with Gasteiger partial charge in [-0.3, -0.25) is 0 Å². The maximum absolute atomic E-state index is 12.3. The van der Waals surface area contributed by atoms with E-state index >= 15 is 0 Å². The van der Waals surface area contributed by atoms with Crippen molar-refractivity contribution in [3.05, 3.63) is 35.9 Å². The summed E-state index contributed by atoms with van der Waals surface area (Å²) in [6.45, 7) is 5.96. The van der Waals surface area contributed by atoms with Crippen molar-refractivity contribution in [3.63, 3.8) is 0 Å². The van der Waals surface area contributed by atoms with E-state index in [0.29, 0.717) is 5.92 Å². The fourth-order valence-corrected chi connectivity index (χ4v) is 3.28. The summed E-state index contributed by atoms with van der Waals surface area (Å²) in [6.07, 6.45) is 5.67. The summed E-state index contributed by atoms with van der Waals surface area (Å²) in [5.41, 5.74) is 2.53. The fourth-order valence-electron chi connectivity index (χ4n) is 2.55. The first-order valence-electron chi connectivity index (χ1n) is 7.50. The molecule has 1 saturated carbocycles. The molecule has 0 aliphatic heterocycles. The third-order valence-electron chi connectivity index (χ3n) is 3.76. The Bertz CT molecular complexity index is 487. The normalized spacial score (nSPS) is 23.8. The van der Waals surface area contributed by atoms with Crippen molar-refractivity contribution in [1.29, 1.82) is 0 Å². The molecule has 1 aromatic rings. The van der Waals surface area contributed by atoms with Crippen LogP contribution in [0.2, 0.25) is 0 Å². The van der Waals surface area contributed by atoms with Crippen LogP contribution in [-0.2, 0) is 17.4 Å². The minimum absolute atomic E-state index is 0.262. The molecule has 1 fully saturated rings. The number of rotatable bonds is 3. The van der Waals surface area contributed by atoms with Crippen LogP contribution in [0.1, 0.15) is 52.0 Å². The minimum atomic E-state index is -1.13. The Morgan fingerprint density at radius 1 is 1.20 bits per heavy atom. The van der Waals surface area contributed by atoms with E-state index in [-0.39, 0.29) is 4.75 Å². The van der Waals surface area contributed by atoms with Gasteiger partial charge in [-0.1, -0.05) is 36.8 Å². The molecule has 3 heteroatoms. The summed E-state index contributed by atoms with van der Waals surface area (Å²) < 4.78 is 16.6. The number of hydrogen-bond donors (Lipinski definition) is 0. The highest BCUT2D eigenvalue weighted by atomic mass is 32.2. The van der Waals surface area contributed by atoms with Gasteiger partial charge in [0.05, 0.1) is 4.75 Å². The summed E-state index contributed by atoms with van der Waals surface area (Å²) in [6, 6.07) is 10.6. The van der Waals surface area contributed by atoms with Crippen molar-refractivity contribution >= 4 is 16.7 Å². The molecule has 0 spiro atoms. The van der Waals surface area contributed by atoms with Gasteiger partial charge in [0.1, 0.15) is 11.0 Å². The highest BCUT2D eigenvalue weighted by Crippen LogP contribution is 2.27. The molecule has 2 nitrogen and oxygen atoms in total. The molecule has 0 radical (unpaired) electrons. The van der Waals surface area contributed by atoms with E-state index in [2.05, 4.69) is 28.7 Å². The van der Waals surface area contributed by atoms with Crippen molar-refractivity contribution < 1.29 is 4.21 Å². The van der Waals surface area contributed by atoms with E-state index in [9.17, 15) is 4.21 Å². The average Bonchev–Trinajstić information content (AvgIpc) is 2.41. The average molecular weight is 291 g/mol. The lowest BCUT2D eigenvalue weighted by Gasteiger charge is -2.25. The van der Waals surface area contributed by atoms with Gasteiger partial charge < -0.3 is 0 Å². The van der Waals surface area contributed by atoms with Crippen LogP contribution in [0, 0.1) is 5.92 Å². The lowest BCUT2D eigenvalue weighted by molar-refractivity contribution is 0.524. The summed E-state index contributed by atoms with van der Waals surface area (Å²) in [5.74, 6) is 0.470. The second kappa shape index (κ2) is 6.66. The lowest BCUT2D eigenvalue weighted by Crippen LogP contribution is -2.26. The monoisotopic (exact) mass is 291 g/mol. The predicted octanol–water partition coefficient (Wildman–Crippen LogP) is 4.32. The van der Waals surface area contributed by atoms with Gasteiger partial charge in [-0.2, -0.15) is 4.40 Å². The number of nitrogens with zero attached hydrogens (tertiary/aromatic N) is 1. The molecular weight excluding hydrogens is 266 g/mol. The van der Waals surface area contributed by atoms with Crippen LogP contribution in [0.4, 0.5) is 0 Å². The highest BCUT2D eigenvalue weighted by Gasteiger charge is 2.25. The van der Waals surface area contributed by atoms with Crippen LogP contribution in [0.15, 0.2) is 34.7 Å². The molecular formula is C17H25NOS. The van der Waals surface area contributed by atoms with Crippen molar-refractivity contribution in [3.8, 4) is 0 Å². The Morgan fingerprint density at radius 3 is 2.55 bits per heavy atom. The van der Waals surface area contributed by atoms with E-state index < -0.39 is 11.0 Å².